The number of hydrogen-bond acceptors (Lipinski definition) is 4. The number of methoxy groups -OCH3 is 2. The predicted molar refractivity (Wildman–Crippen MR) is 54.2 cm³/mol. The summed E-state index contributed by atoms with van der Waals surface area (Å²) in [4.78, 5) is 23.4. The van der Waals surface area contributed by atoms with Gasteiger partial charge in [-0.15, -0.1) is 0 Å². The molecule has 16 heavy (non-hydrogen) atoms. The van der Waals surface area contributed by atoms with Crippen LogP contribution in [0.3, 0.4) is 0 Å². The van der Waals surface area contributed by atoms with E-state index in [1.807, 2.05) is 6.08 Å². The summed E-state index contributed by atoms with van der Waals surface area (Å²) in [5.74, 6) is 0.316. The van der Waals surface area contributed by atoms with Crippen LogP contribution < -0.4 is 0 Å². The fourth-order valence-electron chi connectivity index (χ4n) is 3.19. The molecular weight excluding hydrogens is 208 g/mol. The van der Waals surface area contributed by atoms with Crippen LogP contribution in [0.2, 0.25) is 0 Å². The molecule has 0 saturated heterocycles. The normalized spacial score (nSPS) is 37.4. The Morgan fingerprint density at radius 2 is 1.69 bits per heavy atom. The number of carbonyl (C=O) groups is 2. The second kappa shape index (κ2) is 2.97. The molecule has 4 nitrogen and oxygen atoms in total. The maximum Gasteiger partial charge on any atom is 0.334 e. The summed E-state index contributed by atoms with van der Waals surface area (Å²) in [5, 5.41) is 0. The molecule has 4 unspecified atom stereocenters. The number of carbonyl (C=O) groups excluding carboxylic acids is 2. The SMILES string of the molecule is COC(=O)C1=C(C(=O)OC)C2C3C=CC1C32. The maximum absolute atomic E-state index is 11.7. The van der Waals surface area contributed by atoms with E-state index < -0.39 is 5.97 Å². The van der Waals surface area contributed by atoms with Gasteiger partial charge in [-0.05, 0) is 11.8 Å². The third-order valence-corrected chi connectivity index (χ3v) is 3.86. The van der Waals surface area contributed by atoms with Crippen molar-refractivity contribution in [2.45, 2.75) is 0 Å². The van der Waals surface area contributed by atoms with Crippen molar-refractivity contribution in [1.82, 2.24) is 0 Å². The molecule has 4 atom stereocenters. The van der Waals surface area contributed by atoms with Crippen LogP contribution in [0, 0.1) is 23.7 Å². The summed E-state index contributed by atoms with van der Waals surface area (Å²) < 4.78 is 9.49. The Balaban J connectivity index is 2.05. The Kier molecular flexibility index (Phi) is 1.79. The van der Waals surface area contributed by atoms with Crippen LogP contribution in [0.1, 0.15) is 0 Å². The van der Waals surface area contributed by atoms with Gasteiger partial charge < -0.3 is 9.47 Å². The van der Waals surface area contributed by atoms with E-state index in [4.69, 9.17) is 9.47 Å². The molecule has 0 aromatic heterocycles. The molecule has 3 aliphatic rings. The minimum Gasteiger partial charge on any atom is -0.466 e. The highest BCUT2D eigenvalue weighted by Gasteiger charge is 2.65. The zero-order valence-electron chi connectivity index (χ0n) is 9.10. The van der Waals surface area contributed by atoms with E-state index >= 15 is 0 Å². The number of ether oxygens (including phenoxy) is 2. The van der Waals surface area contributed by atoms with E-state index in [1.54, 1.807) is 0 Å². The van der Waals surface area contributed by atoms with Crippen molar-refractivity contribution < 1.29 is 19.1 Å². The van der Waals surface area contributed by atoms with Crippen molar-refractivity contribution >= 4 is 11.9 Å². The maximum atomic E-state index is 11.7. The molecule has 1 fully saturated rings. The summed E-state index contributed by atoms with van der Waals surface area (Å²) in [5.41, 5.74) is 1.05. The van der Waals surface area contributed by atoms with Crippen LogP contribution in [0.4, 0.5) is 0 Å². The lowest BCUT2D eigenvalue weighted by Crippen LogP contribution is -2.17. The zero-order valence-corrected chi connectivity index (χ0v) is 9.10. The Labute approximate surface area is 92.9 Å². The Morgan fingerprint density at radius 3 is 2.31 bits per heavy atom. The first-order chi connectivity index (χ1) is 7.70. The van der Waals surface area contributed by atoms with Gasteiger partial charge in [-0.2, -0.15) is 0 Å². The number of esters is 2. The van der Waals surface area contributed by atoms with Crippen molar-refractivity contribution in [1.29, 1.82) is 0 Å². The fraction of sp³-hybridized carbons (Fsp3) is 0.500. The van der Waals surface area contributed by atoms with Crippen LogP contribution in [-0.4, -0.2) is 26.2 Å². The monoisotopic (exact) mass is 220 g/mol. The highest BCUT2D eigenvalue weighted by Crippen LogP contribution is 2.67. The van der Waals surface area contributed by atoms with Gasteiger partial charge in [0.05, 0.1) is 25.4 Å². The first kappa shape index (κ1) is 9.63. The molecule has 0 amide bonds. The van der Waals surface area contributed by atoms with Gasteiger partial charge in [-0.1, -0.05) is 12.2 Å². The van der Waals surface area contributed by atoms with E-state index in [0.717, 1.165) is 0 Å². The largest absolute Gasteiger partial charge is 0.466 e. The molecular formula is C12H12O4. The van der Waals surface area contributed by atoms with E-state index in [2.05, 4.69) is 6.08 Å². The van der Waals surface area contributed by atoms with Crippen LogP contribution in [0.15, 0.2) is 23.3 Å². The Bertz CT molecular complexity index is 446. The fourth-order valence-corrected chi connectivity index (χ4v) is 3.19. The predicted octanol–water partition coefficient (Wildman–Crippen LogP) is 0.691. The lowest BCUT2D eigenvalue weighted by Gasteiger charge is -2.10. The molecule has 0 heterocycles. The number of allylic oxidation sites excluding steroid dienone is 2. The zero-order chi connectivity index (χ0) is 11.4. The molecule has 0 spiro atoms. The summed E-state index contributed by atoms with van der Waals surface area (Å²) in [6, 6.07) is 0. The van der Waals surface area contributed by atoms with Crippen LogP contribution in [0.25, 0.3) is 0 Å². The van der Waals surface area contributed by atoms with E-state index in [1.165, 1.54) is 14.2 Å². The molecule has 0 aliphatic heterocycles. The van der Waals surface area contributed by atoms with Crippen LogP contribution in [-0.2, 0) is 19.1 Å². The van der Waals surface area contributed by atoms with Crippen LogP contribution >= 0.6 is 0 Å². The topological polar surface area (TPSA) is 52.6 Å². The molecule has 0 aromatic rings. The lowest BCUT2D eigenvalue weighted by atomic mass is 9.97. The number of hydrogen-bond donors (Lipinski definition) is 0. The van der Waals surface area contributed by atoms with E-state index in [0.29, 0.717) is 23.0 Å². The highest BCUT2D eigenvalue weighted by atomic mass is 16.5. The third-order valence-electron chi connectivity index (χ3n) is 3.86. The quantitative estimate of drug-likeness (QED) is 0.507. The average Bonchev–Trinajstić information content (AvgIpc) is 2.73. The van der Waals surface area contributed by atoms with Crippen molar-refractivity contribution in [2.75, 3.05) is 14.2 Å². The van der Waals surface area contributed by atoms with Gasteiger partial charge in [0.15, 0.2) is 0 Å². The van der Waals surface area contributed by atoms with Gasteiger partial charge >= 0.3 is 11.9 Å². The summed E-state index contributed by atoms with van der Waals surface area (Å²) in [6.45, 7) is 0. The number of rotatable bonds is 2. The molecule has 0 aromatic carbocycles. The molecule has 0 N–H and O–H groups in total. The minimum atomic E-state index is -0.400. The van der Waals surface area contributed by atoms with Gasteiger partial charge in [0, 0.05) is 11.8 Å². The molecule has 0 radical (unpaired) electrons. The number of fused-ring (bicyclic) bond motifs is 1. The van der Waals surface area contributed by atoms with Gasteiger partial charge in [-0.3, -0.25) is 0 Å². The molecule has 4 heteroatoms. The molecule has 0 bridgehead atoms. The second-order valence-corrected chi connectivity index (χ2v) is 4.40. The Morgan fingerprint density at radius 1 is 1.06 bits per heavy atom. The van der Waals surface area contributed by atoms with Crippen molar-refractivity contribution in [3.8, 4) is 0 Å². The standard InChI is InChI=1S/C12H12O4/c1-15-11(13)9-6-4-3-5-7(6)8(5)10(9)12(14)16-2/h3-8H,1-2H3. The third kappa shape index (κ3) is 0.944. The van der Waals surface area contributed by atoms with Crippen molar-refractivity contribution in [3.05, 3.63) is 23.3 Å². The van der Waals surface area contributed by atoms with Gasteiger partial charge in [0.1, 0.15) is 0 Å². The van der Waals surface area contributed by atoms with E-state index in [9.17, 15) is 9.59 Å². The van der Waals surface area contributed by atoms with Crippen LogP contribution in [0.5, 0.6) is 0 Å². The minimum absolute atomic E-state index is 0.0662. The lowest BCUT2D eigenvalue weighted by molar-refractivity contribution is -0.139. The summed E-state index contributed by atoms with van der Waals surface area (Å²) >= 11 is 0. The van der Waals surface area contributed by atoms with Crippen molar-refractivity contribution in [3.63, 3.8) is 0 Å². The van der Waals surface area contributed by atoms with E-state index in [-0.39, 0.29) is 17.8 Å². The van der Waals surface area contributed by atoms with Gasteiger partial charge in [0.2, 0.25) is 0 Å². The first-order valence-corrected chi connectivity index (χ1v) is 5.29. The average molecular weight is 220 g/mol. The Hall–Kier alpha value is -1.58. The molecule has 3 rings (SSSR count). The van der Waals surface area contributed by atoms with Gasteiger partial charge in [-0.25, -0.2) is 9.59 Å². The molecule has 3 aliphatic carbocycles. The smallest absolute Gasteiger partial charge is 0.334 e. The van der Waals surface area contributed by atoms with Crippen molar-refractivity contribution in [2.24, 2.45) is 23.7 Å². The molecule has 1 saturated carbocycles. The second-order valence-electron chi connectivity index (χ2n) is 4.40. The highest BCUT2D eigenvalue weighted by molar-refractivity contribution is 6.04. The molecule has 84 valence electrons. The summed E-state index contributed by atoms with van der Waals surface area (Å²) in [7, 11) is 2.68. The summed E-state index contributed by atoms with van der Waals surface area (Å²) in [6.07, 6.45) is 4.10. The van der Waals surface area contributed by atoms with Gasteiger partial charge in [0.25, 0.3) is 0 Å². The first-order valence-electron chi connectivity index (χ1n) is 5.29.